The maximum absolute atomic E-state index is 8.81. The lowest BCUT2D eigenvalue weighted by atomic mass is 10.1. The summed E-state index contributed by atoms with van der Waals surface area (Å²) in [6, 6.07) is 1.94. The fourth-order valence-corrected chi connectivity index (χ4v) is 1.50. The van der Waals surface area contributed by atoms with E-state index in [1.807, 2.05) is 19.3 Å². The van der Waals surface area contributed by atoms with Gasteiger partial charge in [-0.3, -0.25) is 5.10 Å². The lowest BCUT2D eigenvalue weighted by Gasteiger charge is -2.01. The van der Waals surface area contributed by atoms with E-state index < -0.39 is 0 Å². The molecule has 17 heavy (non-hydrogen) atoms. The maximum atomic E-state index is 8.81. The van der Waals surface area contributed by atoms with Crippen LogP contribution in [-0.2, 0) is 4.79 Å². The van der Waals surface area contributed by atoms with E-state index in [1.165, 1.54) is 6.92 Å². The molecule has 2 heterocycles. The summed E-state index contributed by atoms with van der Waals surface area (Å²) < 4.78 is 0. The van der Waals surface area contributed by atoms with Gasteiger partial charge >= 0.3 is 0 Å². The first kappa shape index (κ1) is 13.2. The van der Waals surface area contributed by atoms with Gasteiger partial charge in [-0.25, -0.2) is 4.98 Å². The third kappa shape index (κ3) is 3.03. The number of rotatable bonds is 2. The number of aromatic amines is 1. The Hall–Kier alpha value is -1.91. The first-order chi connectivity index (χ1) is 8.13. The second-order valence-electron chi connectivity index (χ2n) is 3.86. The van der Waals surface area contributed by atoms with Gasteiger partial charge in [-0.05, 0) is 12.8 Å². The van der Waals surface area contributed by atoms with Crippen LogP contribution in [0.15, 0.2) is 12.3 Å². The highest BCUT2D eigenvalue weighted by atomic mass is 16.1. The number of aromatic nitrogens is 3. The Kier molecular flexibility index (Phi) is 4.63. The molecule has 92 valence electrons. The summed E-state index contributed by atoms with van der Waals surface area (Å²) in [6.07, 6.45) is 2.61. The molecule has 0 aliphatic heterocycles. The molecule has 2 aromatic rings. The molecule has 2 rings (SSSR count). The Labute approximate surface area is 101 Å². The number of pyridine rings is 1. The van der Waals surface area contributed by atoms with E-state index in [9.17, 15) is 0 Å². The number of aldehydes is 1. The van der Waals surface area contributed by atoms with Crippen molar-refractivity contribution < 1.29 is 4.79 Å². The lowest BCUT2D eigenvalue weighted by Crippen LogP contribution is -1.91. The van der Waals surface area contributed by atoms with E-state index >= 15 is 0 Å². The van der Waals surface area contributed by atoms with E-state index in [-0.39, 0.29) is 0 Å². The molecule has 0 aliphatic rings. The monoisotopic (exact) mass is 234 g/mol. The Balaban J connectivity index is 0.000000437. The molecule has 0 amide bonds. The van der Waals surface area contributed by atoms with Crippen molar-refractivity contribution in [3.05, 3.63) is 18.0 Å². The van der Waals surface area contributed by atoms with Gasteiger partial charge in [0, 0.05) is 30.4 Å². The van der Waals surface area contributed by atoms with Crippen molar-refractivity contribution in [1.82, 2.24) is 15.2 Å². The predicted octanol–water partition coefficient (Wildman–Crippen LogP) is 2.33. The fraction of sp³-hybridized carbons (Fsp3) is 0.417. The zero-order chi connectivity index (χ0) is 12.8. The minimum absolute atomic E-state index is 0.447. The van der Waals surface area contributed by atoms with Crippen LogP contribution in [0, 0.1) is 0 Å². The smallest absolute Gasteiger partial charge is 0.127 e. The number of carbonyl (C=O) groups excluding carboxylic acids is 1. The molecule has 0 atom stereocenters. The van der Waals surface area contributed by atoms with Crippen molar-refractivity contribution in [3.63, 3.8) is 0 Å². The van der Waals surface area contributed by atoms with Gasteiger partial charge in [0.15, 0.2) is 0 Å². The zero-order valence-electron chi connectivity index (χ0n) is 10.6. The van der Waals surface area contributed by atoms with Gasteiger partial charge in [0.25, 0.3) is 0 Å². The molecular weight excluding hydrogens is 216 g/mol. The topological polar surface area (TPSA) is 70.7 Å². The SMILES string of the molecule is CC=O.CNc1cc2n[nH]c(C(C)C)c2cn1. The van der Waals surface area contributed by atoms with E-state index in [2.05, 4.69) is 34.3 Å². The number of anilines is 1. The highest BCUT2D eigenvalue weighted by Crippen LogP contribution is 2.23. The molecule has 2 N–H and O–H groups in total. The van der Waals surface area contributed by atoms with Crippen LogP contribution in [0.2, 0.25) is 0 Å². The largest absolute Gasteiger partial charge is 0.373 e. The highest BCUT2D eigenvalue weighted by molar-refractivity contribution is 5.82. The summed E-state index contributed by atoms with van der Waals surface area (Å²) in [4.78, 5) is 13.1. The third-order valence-electron chi connectivity index (χ3n) is 2.30. The van der Waals surface area contributed by atoms with Crippen molar-refractivity contribution in [1.29, 1.82) is 0 Å². The van der Waals surface area contributed by atoms with Crippen LogP contribution in [0.3, 0.4) is 0 Å². The minimum Gasteiger partial charge on any atom is -0.373 e. The second-order valence-corrected chi connectivity index (χ2v) is 3.86. The Morgan fingerprint density at radius 3 is 2.65 bits per heavy atom. The molecule has 0 aliphatic carbocycles. The molecule has 0 aromatic carbocycles. The fourth-order valence-electron chi connectivity index (χ4n) is 1.50. The molecule has 0 saturated carbocycles. The summed E-state index contributed by atoms with van der Waals surface area (Å²) in [6.45, 7) is 5.72. The van der Waals surface area contributed by atoms with Gasteiger partial charge in [-0.1, -0.05) is 13.8 Å². The second kappa shape index (κ2) is 5.98. The number of H-pyrrole nitrogens is 1. The molecule has 0 bridgehead atoms. The standard InChI is InChI=1S/C10H14N4.C2H4O/c1-6(2)10-7-5-12-9(11-3)4-8(7)13-14-10;1-2-3/h4-6H,1-3H3,(H,11,12)(H,13,14);2H,1H3. The normalized spacial score (nSPS) is 9.94. The van der Waals surface area contributed by atoms with Gasteiger partial charge in [0.2, 0.25) is 0 Å². The van der Waals surface area contributed by atoms with Crippen LogP contribution in [0.5, 0.6) is 0 Å². The molecular formula is C12H18N4O. The number of nitrogens with zero attached hydrogens (tertiary/aromatic N) is 2. The van der Waals surface area contributed by atoms with Crippen molar-refractivity contribution >= 4 is 23.0 Å². The molecule has 5 heteroatoms. The third-order valence-corrected chi connectivity index (χ3v) is 2.30. The van der Waals surface area contributed by atoms with Crippen LogP contribution in [0.4, 0.5) is 5.82 Å². The maximum Gasteiger partial charge on any atom is 0.127 e. The number of fused-ring (bicyclic) bond motifs is 1. The minimum atomic E-state index is 0.447. The number of hydrogen-bond acceptors (Lipinski definition) is 4. The number of hydrogen-bond donors (Lipinski definition) is 2. The van der Waals surface area contributed by atoms with Gasteiger partial charge in [0.05, 0.1) is 5.52 Å². The van der Waals surface area contributed by atoms with Gasteiger partial charge < -0.3 is 10.1 Å². The summed E-state index contributed by atoms with van der Waals surface area (Å²) in [7, 11) is 1.85. The predicted molar refractivity (Wildman–Crippen MR) is 69.3 cm³/mol. The lowest BCUT2D eigenvalue weighted by molar-refractivity contribution is -0.106. The van der Waals surface area contributed by atoms with Crippen LogP contribution >= 0.6 is 0 Å². The van der Waals surface area contributed by atoms with Crippen molar-refractivity contribution in [2.75, 3.05) is 12.4 Å². The Bertz CT molecular complexity index is 490. The van der Waals surface area contributed by atoms with Crippen molar-refractivity contribution in [3.8, 4) is 0 Å². The molecule has 5 nitrogen and oxygen atoms in total. The molecule has 0 unspecified atom stereocenters. The van der Waals surface area contributed by atoms with Gasteiger partial charge in [0.1, 0.15) is 12.1 Å². The molecule has 0 saturated heterocycles. The summed E-state index contributed by atoms with van der Waals surface area (Å²) in [5, 5.41) is 11.4. The van der Waals surface area contributed by atoms with Crippen molar-refractivity contribution in [2.45, 2.75) is 26.7 Å². The molecule has 0 spiro atoms. The summed E-state index contributed by atoms with van der Waals surface area (Å²) in [5.41, 5.74) is 2.11. The summed E-state index contributed by atoms with van der Waals surface area (Å²) >= 11 is 0. The first-order valence-corrected chi connectivity index (χ1v) is 5.55. The number of carbonyl (C=O) groups is 1. The first-order valence-electron chi connectivity index (χ1n) is 5.55. The van der Waals surface area contributed by atoms with E-state index in [0.717, 1.165) is 28.7 Å². The Morgan fingerprint density at radius 2 is 2.12 bits per heavy atom. The Morgan fingerprint density at radius 1 is 1.47 bits per heavy atom. The average Bonchev–Trinajstić information content (AvgIpc) is 2.72. The quantitative estimate of drug-likeness (QED) is 0.782. The number of nitrogens with one attached hydrogen (secondary N) is 2. The molecule has 0 fully saturated rings. The van der Waals surface area contributed by atoms with E-state index in [1.54, 1.807) is 0 Å². The van der Waals surface area contributed by atoms with Crippen LogP contribution in [0.25, 0.3) is 10.9 Å². The average molecular weight is 234 g/mol. The summed E-state index contributed by atoms with van der Waals surface area (Å²) in [5.74, 6) is 1.29. The van der Waals surface area contributed by atoms with Crippen LogP contribution < -0.4 is 5.32 Å². The highest BCUT2D eigenvalue weighted by Gasteiger charge is 2.09. The van der Waals surface area contributed by atoms with Crippen molar-refractivity contribution in [2.24, 2.45) is 0 Å². The van der Waals surface area contributed by atoms with E-state index in [4.69, 9.17) is 4.79 Å². The molecule has 2 aromatic heterocycles. The van der Waals surface area contributed by atoms with Crippen LogP contribution in [0.1, 0.15) is 32.4 Å². The zero-order valence-corrected chi connectivity index (χ0v) is 10.6. The van der Waals surface area contributed by atoms with Crippen LogP contribution in [-0.4, -0.2) is 28.5 Å². The molecule has 0 radical (unpaired) electrons. The van der Waals surface area contributed by atoms with Gasteiger partial charge in [-0.2, -0.15) is 5.10 Å². The van der Waals surface area contributed by atoms with E-state index in [0.29, 0.717) is 5.92 Å². The van der Waals surface area contributed by atoms with Gasteiger partial charge in [-0.15, -0.1) is 0 Å².